The highest BCUT2D eigenvalue weighted by Gasteiger charge is 2.19. The van der Waals surface area contributed by atoms with Gasteiger partial charge in [-0.25, -0.2) is 17.9 Å². The number of rotatable bonds is 4. The summed E-state index contributed by atoms with van der Waals surface area (Å²) in [5.74, 6) is 0. The van der Waals surface area contributed by atoms with Crippen LogP contribution in [0.25, 0.3) is 21.7 Å². The van der Waals surface area contributed by atoms with Crippen LogP contribution in [0.1, 0.15) is 5.56 Å². The summed E-state index contributed by atoms with van der Waals surface area (Å²) in [7, 11) is -3.81. The molecule has 0 bridgehead atoms. The van der Waals surface area contributed by atoms with Crippen molar-refractivity contribution >= 4 is 63.6 Å². The molecule has 1 heterocycles. The van der Waals surface area contributed by atoms with Gasteiger partial charge in [-0.1, -0.05) is 46.3 Å². The second-order valence-corrected chi connectivity index (χ2v) is 9.66. The Morgan fingerprint density at radius 3 is 2.57 bits per heavy atom. The summed E-state index contributed by atoms with van der Waals surface area (Å²) in [6, 6.07) is 17.5. The summed E-state index contributed by atoms with van der Waals surface area (Å²) < 4.78 is 34.6. The lowest BCUT2D eigenvalue weighted by molar-refractivity contribution is 0.557. The van der Waals surface area contributed by atoms with Crippen LogP contribution in [-0.4, -0.2) is 8.42 Å². The van der Waals surface area contributed by atoms with Crippen LogP contribution in [0.2, 0.25) is 0 Å². The Labute approximate surface area is 177 Å². The Morgan fingerprint density at radius 1 is 0.964 bits per heavy atom. The van der Waals surface area contributed by atoms with E-state index < -0.39 is 15.6 Å². The van der Waals surface area contributed by atoms with E-state index in [2.05, 4.69) is 36.6 Å². The highest BCUT2D eigenvalue weighted by atomic mass is 79.9. The van der Waals surface area contributed by atoms with E-state index in [4.69, 9.17) is 4.42 Å². The van der Waals surface area contributed by atoms with Gasteiger partial charge in [0.15, 0.2) is 0 Å². The molecule has 0 aliphatic rings. The van der Waals surface area contributed by atoms with Crippen molar-refractivity contribution in [2.45, 2.75) is 11.4 Å². The summed E-state index contributed by atoms with van der Waals surface area (Å²) in [6.45, 7) is -0.0443. The van der Waals surface area contributed by atoms with Crippen LogP contribution in [-0.2, 0) is 16.6 Å². The minimum absolute atomic E-state index is 0.0443. The van der Waals surface area contributed by atoms with E-state index >= 15 is 0 Å². The zero-order valence-corrected chi connectivity index (χ0v) is 18.3. The number of nitrogens with one attached hydrogen (secondary N) is 1. The van der Waals surface area contributed by atoms with Gasteiger partial charge in [-0.15, -0.1) is 0 Å². The molecule has 5 nitrogen and oxygen atoms in total. The molecule has 0 fully saturated rings. The molecular formula is C20H13Br2NO4S. The summed E-state index contributed by atoms with van der Waals surface area (Å²) in [4.78, 5) is 12.1. The predicted octanol–water partition coefficient (Wildman–Crippen LogP) is 4.95. The van der Waals surface area contributed by atoms with E-state index in [0.717, 1.165) is 10.8 Å². The Balaban J connectivity index is 1.81. The van der Waals surface area contributed by atoms with Crippen molar-refractivity contribution in [2.75, 3.05) is 0 Å². The van der Waals surface area contributed by atoms with Crippen molar-refractivity contribution < 1.29 is 12.8 Å². The van der Waals surface area contributed by atoms with E-state index in [9.17, 15) is 13.2 Å². The first-order valence-corrected chi connectivity index (χ1v) is 11.3. The van der Waals surface area contributed by atoms with Crippen molar-refractivity contribution in [1.29, 1.82) is 0 Å². The quantitative estimate of drug-likeness (QED) is 0.304. The number of hydrogen-bond donors (Lipinski definition) is 1. The number of halogens is 2. The van der Waals surface area contributed by atoms with Gasteiger partial charge in [-0.2, -0.15) is 0 Å². The first-order chi connectivity index (χ1) is 13.3. The summed E-state index contributed by atoms with van der Waals surface area (Å²) >= 11 is 6.56. The van der Waals surface area contributed by atoms with Gasteiger partial charge in [-0.3, -0.25) is 0 Å². The molecule has 4 rings (SSSR count). The van der Waals surface area contributed by atoms with Gasteiger partial charge in [-0.05, 0) is 56.5 Å². The van der Waals surface area contributed by atoms with Crippen molar-refractivity contribution in [3.63, 3.8) is 0 Å². The molecule has 0 aliphatic heterocycles. The molecule has 0 radical (unpaired) electrons. The van der Waals surface area contributed by atoms with Crippen molar-refractivity contribution in [2.24, 2.45) is 0 Å². The van der Waals surface area contributed by atoms with Crippen molar-refractivity contribution in [3.8, 4) is 0 Å². The Bertz CT molecular complexity index is 1380. The molecule has 0 spiro atoms. The lowest BCUT2D eigenvalue weighted by Gasteiger charge is -2.11. The first-order valence-electron chi connectivity index (χ1n) is 8.24. The first kappa shape index (κ1) is 19.3. The molecule has 0 saturated heterocycles. The van der Waals surface area contributed by atoms with Crippen LogP contribution < -0.4 is 10.3 Å². The molecule has 0 aliphatic carbocycles. The van der Waals surface area contributed by atoms with Crippen LogP contribution in [0.3, 0.4) is 0 Å². The maximum atomic E-state index is 12.8. The standard InChI is InChI=1S/C20H13Br2NO4S/c21-14-6-7-16(22)18(10-14)28(25,26)23-11-13-9-19(24)27-17-8-5-12-3-1-2-4-15(12)20(13)17/h1-10,23H,11H2. The zero-order valence-electron chi connectivity index (χ0n) is 14.3. The molecule has 28 heavy (non-hydrogen) atoms. The minimum atomic E-state index is -3.81. The predicted molar refractivity (Wildman–Crippen MR) is 116 cm³/mol. The number of fused-ring (bicyclic) bond motifs is 3. The molecule has 8 heteroatoms. The lowest BCUT2D eigenvalue weighted by atomic mass is 10.0. The zero-order chi connectivity index (χ0) is 19.9. The molecule has 142 valence electrons. The van der Waals surface area contributed by atoms with Gasteiger partial charge in [0.05, 0.1) is 4.90 Å². The maximum Gasteiger partial charge on any atom is 0.336 e. The van der Waals surface area contributed by atoms with E-state index in [0.29, 0.717) is 25.5 Å². The summed E-state index contributed by atoms with van der Waals surface area (Å²) in [6.07, 6.45) is 0. The summed E-state index contributed by atoms with van der Waals surface area (Å²) in [5, 5.41) is 2.58. The van der Waals surface area contributed by atoms with Crippen LogP contribution in [0.4, 0.5) is 0 Å². The van der Waals surface area contributed by atoms with Crippen LogP contribution in [0, 0.1) is 0 Å². The Morgan fingerprint density at radius 2 is 1.75 bits per heavy atom. The topological polar surface area (TPSA) is 76.4 Å². The number of hydrogen-bond acceptors (Lipinski definition) is 4. The normalized spacial score (nSPS) is 11.9. The average Bonchev–Trinajstić information content (AvgIpc) is 2.67. The highest BCUT2D eigenvalue weighted by molar-refractivity contribution is 9.11. The van der Waals surface area contributed by atoms with Crippen LogP contribution >= 0.6 is 31.9 Å². The molecule has 3 aromatic carbocycles. The fraction of sp³-hybridized carbons (Fsp3) is 0.0500. The smallest absolute Gasteiger partial charge is 0.336 e. The van der Waals surface area contributed by atoms with Gasteiger partial charge in [0.2, 0.25) is 10.0 Å². The minimum Gasteiger partial charge on any atom is -0.423 e. The number of sulfonamides is 1. The monoisotopic (exact) mass is 521 g/mol. The van der Waals surface area contributed by atoms with E-state index in [1.807, 2.05) is 30.3 Å². The van der Waals surface area contributed by atoms with Crippen LogP contribution in [0.5, 0.6) is 0 Å². The Kier molecular flexibility index (Phi) is 5.13. The van der Waals surface area contributed by atoms with E-state index in [-0.39, 0.29) is 11.4 Å². The fourth-order valence-electron chi connectivity index (χ4n) is 3.09. The maximum absolute atomic E-state index is 12.8. The lowest BCUT2D eigenvalue weighted by Crippen LogP contribution is -2.24. The van der Waals surface area contributed by atoms with Gasteiger partial charge in [0.1, 0.15) is 5.58 Å². The molecule has 0 saturated carbocycles. The van der Waals surface area contributed by atoms with Gasteiger partial charge in [0.25, 0.3) is 0 Å². The third-order valence-corrected chi connectivity index (χ3v) is 7.24. The molecule has 4 aromatic rings. The van der Waals surface area contributed by atoms with Crippen molar-refractivity contribution in [3.05, 3.63) is 85.6 Å². The third-order valence-electron chi connectivity index (χ3n) is 4.35. The largest absolute Gasteiger partial charge is 0.423 e. The Hall–Kier alpha value is -2.00. The third kappa shape index (κ3) is 3.65. The SMILES string of the molecule is O=c1cc(CNS(=O)(=O)c2cc(Br)ccc2Br)c2c(ccc3ccccc32)o1. The van der Waals surface area contributed by atoms with Gasteiger partial charge in [0, 0.05) is 26.9 Å². The van der Waals surface area contributed by atoms with Crippen molar-refractivity contribution in [1.82, 2.24) is 4.72 Å². The number of benzene rings is 3. The second-order valence-electron chi connectivity index (χ2n) is 6.15. The van der Waals surface area contributed by atoms with E-state index in [1.165, 1.54) is 12.1 Å². The second kappa shape index (κ2) is 7.44. The van der Waals surface area contributed by atoms with Gasteiger partial charge >= 0.3 is 5.63 Å². The highest BCUT2D eigenvalue weighted by Crippen LogP contribution is 2.29. The molecule has 0 amide bonds. The molecule has 1 N–H and O–H groups in total. The molecule has 1 aromatic heterocycles. The summed E-state index contributed by atoms with van der Waals surface area (Å²) in [5.41, 5.74) is 0.447. The fourth-order valence-corrected chi connectivity index (χ4v) is 5.60. The van der Waals surface area contributed by atoms with Gasteiger partial charge < -0.3 is 4.42 Å². The van der Waals surface area contributed by atoms with E-state index in [1.54, 1.807) is 18.2 Å². The molecular weight excluding hydrogens is 510 g/mol. The van der Waals surface area contributed by atoms with Crippen LogP contribution in [0.15, 0.2) is 83.7 Å². The molecule has 0 unspecified atom stereocenters. The molecule has 0 atom stereocenters. The average molecular weight is 523 g/mol.